The Hall–Kier alpha value is -0.900. The summed E-state index contributed by atoms with van der Waals surface area (Å²) in [5.41, 5.74) is 0. The molecule has 1 aliphatic heterocycles. The van der Waals surface area contributed by atoms with Gasteiger partial charge in [0.2, 0.25) is 11.8 Å². The van der Waals surface area contributed by atoms with E-state index >= 15 is 0 Å². The van der Waals surface area contributed by atoms with Gasteiger partial charge in [-0.25, -0.2) is 0 Å². The second-order valence-electron chi connectivity index (χ2n) is 5.32. The molecule has 2 rings (SSSR count). The standard InChI is InChI=1S/C13H22N2O2/c1-4-9(5-2)15-12(16)7-11(13(15)17)14-10-6-8(10)3/h8-11,14H,4-7H2,1-3H3. The van der Waals surface area contributed by atoms with E-state index in [-0.39, 0.29) is 23.9 Å². The predicted octanol–water partition coefficient (Wildman–Crippen LogP) is 1.30. The number of likely N-dealkylation sites (tertiary alicyclic amines) is 1. The van der Waals surface area contributed by atoms with Crippen LogP contribution in [0.4, 0.5) is 0 Å². The van der Waals surface area contributed by atoms with Crippen molar-refractivity contribution >= 4 is 11.8 Å². The molecule has 17 heavy (non-hydrogen) atoms. The third-order valence-electron chi connectivity index (χ3n) is 4.02. The molecule has 1 heterocycles. The molecule has 0 bridgehead atoms. The summed E-state index contributed by atoms with van der Waals surface area (Å²) in [5.74, 6) is 0.636. The van der Waals surface area contributed by atoms with Gasteiger partial charge in [0.05, 0.1) is 12.5 Å². The Morgan fingerprint density at radius 1 is 1.35 bits per heavy atom. The molecule has 96 valence electrons. The SMILES string of the molecule is CCC(CC)N1C(=O)CC(NC2CC2C)C1=O. The van der Waals surface area contributed by atoms with Crippen molar-refractivity contribution in [2.75, 3.05) is 0 Å². The molecular weight excluding hydrogens is 216 g/mol. The summed E-state index contributed by atoms with van der Waals surface area (Å²) >= 11 is 0. The van der Waals surface area contributed by atoms with Crippen LogP contribution in [0.3, 0.4) is 0 Å². The number of hydrogen-bond acceptors (Lipinski definition) is 3. The van der Waals surface area contributed by atoms with Gasteiger partial charge in [0.15, 0.2) is 0 Å². The molecule has 0 aromatic carbocycles. The highest BCUT2D eigenvalue weighted by Gasteiger charge is 2.44. The molecule has 0 aromatic rings. The molecule has 4 nitrogen and oxygen atoms in total. The van der Waals surface area contributed by atoms with Crippen molar-refractivity contribution < 1.29 is 9.59 Å². The van der Waals surface area contributed by atoms with Gasteiger partial charge < -0.3 is 5.32 Å². The summed E-state index contributed by atoms with van der Waals surface area (Å²) in [4.78, 5) is 25.6. The molecule has 1 N–H and O–H groups in total. The van der Waals surface area contributed by atoms with E-state index < -0.39 is 0 Å². The van der Waals surface area contributed by atoms with Crippen LogP contribution in [0.25, 0.3) is 0 Å². The maximum atomic E-state index is 12.2. The van der Waals surface area contributed by atoms with Gasteiger partial charge in [-0.3, -0.25) is 14.5 Å². The lowest BCUT2D eigenvalue weighted by molar-refractivity contribution is -0.141. The van der Waals surface area contributed by atoms with Gasteiger partial charge in [0, 0.05) is 12.1 Å². The summed E-state index contributed by atoms with van der Waals surface area (Å²) < 4.78 is 0. The minimum absolute atomic E-state index is 0.00509. The smallest absolute Gasteiger partial charge is 0.247 e. The van der Waals surface area contributed by atoms with Crippen LogP contribution in [0.15, 0.2) is 0 Å². The Morgan fingerprint density at radius 2 is 1.94 bits per heavy atom. The molecule has 3 atom stereocenters. The Bertz CT molecular complexity index is 325. The Labute approximate surface area is 103 Å². The van der Waals surface area contributed by atoms with Gasteiger partial charge in [-0.1, -0.05) is 20.8 Å². The van der Waals surface area contributed by atoms with E-state index in [9.17, 15) is 9.59 Å². The third kappa shape index (κ3) is 2.37. The van der Waals surface area contributed by atoms with Crippen LogP contribution in [-0.4, -0.2) is 34.8 Å². The fourth-order valence-corrected chi connectivity index (χ4v) is 2.63. The number of nitrogens with zero attached hydrogens (tertiary/aromatic N) is 1. The van der Waals surface area contributed by atoms with E-state index in [2.05, 4.69) is 12.2 Å². The first-order chi connectivity index (χ1) is 8.08. The van der Waals surface area contributed by atoms with Gasteiger partial charge in [0.1, 0.15) is 0 Å². The first-order valence-electron chi connectivity index (χ1n) is 6.70. The van der Waals surface area contributed by atoms with E-state index in [4.69, 9.17) is 0 Å². The molecule has 2 fully saturated rings. The predicted molar refractivity (Wildman–Crippen MR) is 65.3 cm³/mol. The molecule has 3 unspecified atom stereocenters. The number of rotatable bonds is 5. The zero-order chi connectivity index (χ0) is 12.6. The van der Waals surface area contributed by atoms with Crippen molar-refractivity contribution in [3.8, 4) is 0 Å². The molecule has 0 spiro atoms. The number of carbonyl (C=O) groups excluding carboxylic acids is 2. The van der Waals surface area contributed by atoms with Crippen LogP contribution in [0, 0.1) is 5.92 Å². The first-order valence-corrected chi connectivity index (χ1v) is 6.70. The lowest BCUT2D eigenvalue weighted by atomic mass is 10.1. The van der Waals surface area contributed by atoms with Crippen LogP contribution >= 0.6 is 0 Å². The van der Waals surface area contributed by atoms with Gasteiger partial charge in [-0.2, -0.15) is 0 Å². The molecule has 2 aliphatic rings. The molecule has 1 saturated heterocycles. The molecule has 1 saturated carbocycles. The van der Waals surface area contributed by atoms with Crippen LogP contribution in [-0.2, 0) is 9.59 Å². The minimum Gasteiger partial charge on any atom is -0.302 e. The number of nitrogens with one attached hydrogen (secondary N) is 1. The maximum absolute atomic E-state index is 12.2. The molecule has 2 amide bonds. The highest BCUT2D eigenvalue weighted by atomic mass is 16.2. The third-order valence-corrected chi connectivity index (χ3v) is 4.02. The van der Waals surface area contributed by atoms with Crippen molar-refractivity contribution in [2.45, 2.75) is 64.6 Å². The van der Waals surface area contributed by atoms with Crippen LogP contribution in [0.5, 0.6) is 0 Å². The van der Waals surface area contributed by atoms with E-state index in [0.29, 0.717) is 18.4 Å². The summed E-state index contributed by atoms with van der Waals surface area (Å²) in [6.45, 7) is 6.22. The van der Waals surface area contributed by atoms with Crippen molar-refractivity contribution in [1.82, 2.24) is 10.2 Å². The summed E-state index contributed by atoms with van der Waals surface area (Å²) in [6.07, 6.45) is 3.17. The van der Waals surface area contributed by atoms with Crippen molar-refractivity contribution in [3.63, 3.8) is 0 Å². The zero-order valence-corrected chi connectivity index (χ0v) is 10.9. The average Bonchev–Trinajstić information content (AvgIpc) is 2.92. The maximum Gasteiger partial charge on any atom is 0.247 e. The number of hydrogen-bond donors (Lipinski definition) is 1. The Morgan fingerprint density at radius 3 is 2.41 bits per heavy atom. The lowest BCUT2D eigenvalue weighted by Crippen LogP contribution is -2.44. The summed E-state index contributed by atoms with van der Waals surface area (Å²) in [5, 5.41) is 3.30. The largest absolute Gasteiger partial charge is 0.302 e. The highest BCUT2D eigenvalue weighted by molar-refractivity contribution is 6.05. The topological polar surface area (TPSA) is 49.4 Å². The van der Waals surface area contributed by atoms with Crippen molar-refractivity contribution in [1.29, 1.82) is 0 Å². The van der Waals surface area contributed by atoms with Gasteiger partial charge in [0.25, 0.3) is 0 Å². The second-order valence-corrected chi connectivity index (χ2v) is 5.32. The monoisotopic (exact) mass is 238 g/mol. The Kier molecular flexibility index (Phi) is 3.52. The normalized spacial score (nSPS) is 32.7. The molecule has 0 aromatic heterocycles. The fourth-order valence-electron chi connectivity index (χ4n) is 2.63. The van der Waals surface area contributed by atoms with Crippen LogP contribution < -0.4 is 5.32 Å². The van der Waals surface area contributed by atoms with Crippen molar-refractivity contribution in [2.24, 2.45) is 5.92 Å². The van der Waals surface area contributed by atoms with Crippen LogP contribution in [0.1, 0.15) is 46.5 Å². The first kappa shape index (κ1) is 12.6. The van der Waals surface area contributed by atoms with E-state index in [0.717, 1.165) is 19.3 Å². The Balaban J connectivity index is 2.00. The van der Waals surface area contributed by atoms with Gasteiger partial charge in [-0.05, 0) is 25.2 Å². The summed E-state index contributed by atoms with van der Waals surface area (Å²) in [7, 11) is 0. The quantitative estimate of drug-likeness (QED) is 0.734. The fraction of sp³-hybridized carbons (Fsp3) is 0.846. The lowest BCUT2D eigenvalue weighted by Gasteiger charge is -2.24. The number of amides is 2. The second kappa shape index (κ2) is 4.77. The molecule has 4 heteroatoms. The van der Waals surface area contributed by atoms with Gasteiger partial charge in [-0.15, -0.1) is 0 Å². The van der Waals surface area contributed by atoms with E-state index in [1.54, 1.807) is 0 Å². The minimum atomic E-state index is -0.266. The molecule has 0 radical (unpaired) electrons. The highest BCUT2D eigenvalue weighted by Crippen LogP contribution is 2.31. The molecular formula is C13H22N2O2. The van der Waals surface area contributed by atoms with E-state index in [1.807, 2.05) is 13.8 Å². The average molecular weight is 238 g/mol. The number of carbonyl (C=O) groups is 2. The zero-order valence-electron chi connectivity index (χ0n) is 10.9. The molecule has 1 aliphatic carbocycles. The van der Waals surface area contributed by atoms with Gasteiger partial charge >= 0.3 is 0 Å². The number of imide groups is 1. The summed E-state index contributed by atoms with van der Waals surface area (Å²) in [6, 6.07) is 0.259. The van der Waals surface area contributed by atoms with Crippen LogP contribution in [0.2, 0.25) is 0 Å². The van der Waals surface area contributed by atoms with E-state index in [1.165, 1.54) is 4.90 Å². The van der Waals surface area contributed by atoms with Crippen molar-refractivity contribution in [3.05, 3.63) is 0 Å².